The Morgan fingerprint density at radius 3 is 2.24 bits per heavy atom. The van der Waals surface area contributed by atoms with E-state index in [4.69, 9.17) is 0 Å². The lowest BCUT2D eigenvalue weighted by Gasteiger charge is -2.55. The molecule has 6 atom stereocenters. The monoisotopic (exact) mass is 462 g/mol. The van der Waals surface area contributed by atoms with Crippen LogP contribution in [0.3, 0.4) is 0 Å². The molecule has 0 heterocycles. The minimum absolute atomic E-state index is 0.0245. The maximum absolute atomic E-state index is 13.4. The molecule has 3 heteroatoms. The molecule has 0 aromatic heterocycles. The fourth-order valence-electron chi connectivity index (χ4n) is 7.23. The first-order chi connectivity index (χ1) is 16.3. The molecule has 0 spiro atoms. The van der Waals surface area contributed by atoms with Gasteiger partial charge in [-0.1, -0.05) is 107 Å². The van der Waals surface area contributed by atoms with E-state index in [-0.39, 0.29) is 29.5 Å². The number of carbonyl (C=O) groups is 2. The molecule has 1 aromatic rings. The second kappa shape index (κ2) is 10.5. The van der Waals surface area contributed by atoms with Gasteiger partial charge in [0.1, 0.15) is 5.78 Å². The number of carbonyl (C=O) groups excluding carboxylic acids is 1. The Balaban J connectivity index is 2.28. The van der Waals surface area contributed by atoms with E-state index in [1.54, 1.807) is 0 Å². The van der Waals surface area contributed by atoms with Crippen LogP contribution >= 0.6 is 0 Å². The van der Waals surface area contributed by atoms with Crippen molar-refractivity contribution in [2.75, 3.05) is 0 Å². The molecule has 1 fully saturated rings. The zero-order valence-corrected chi connectivity index (χ0v) is 21.8. The predicted molar refractivity (Wildman–Crippen MR) is 140 cm³/mol. The number of hydrogen-bond donors (Lipinski definition) is 1. The highest BCUT2D eigenvalue weighted by atomic mass is 16.4. The first-order valence-electron chi connectivity index (χ1n) is 13.2. The smallest absolute Gasteiger partial charge is 0.311 e. The number of hydrogen-bond acceptors (Lipinski definition) is 2. The van der Waals surface area contributed by atoms with E-state index in [0.717, 1.165) is 24.0 Å². The number of carboxylic acids is 1. The van der Waals surface area contributed by atoms with Crippen LogP contribution in [0.15, 0.2) is 59.7 Å². The topological polar surface area (TPSA) is 54.4 Å². The Bertz CT molecular complexity index is 985. The number of fused-ring (bicyclic) bond motifs is 1. The van der Waals surface area contributed by atoms with Crippen LogP contribution in [-0.4, -0.2) is 16.9 Å². The minimum atomic E-state index is -1.01. The molecular formula is C31H42O3. The van der Waals surface area contributed by atoms with Gasteiger partial charge in [-0.2, -0.15) is 0 Å². The molecule has 1 N–H and O–H groups in total. The molecular weight excluding hydrogens is 420 g/mol. The summed E-state index contributed by atoms with van der Waals surface area (Å²) in [6, 6.07) is 10.2. The highest BCUT2D eigenvalue weighted by molar-refractivity contribution is 5.90. The Morgan fingerprint density at radius 1 is 1.06 bits per heavy atom. The van der Waals surface area contributed by atoms with Crippen molar-refractivity contribution in [3.05, 3.63) is 65.3 Å². The first kappa shape index (κ1) is 26.2. The molecule has 34 heavy (non-hydrogen) atoms. The summed E-state index contributed by atoms with van der Waals surface area (Å²) in [6.45, 7) is 12.5. The van der Waals surface area contributed by atoms with Crippen molar-refractivity contribution in [2.45, 2.75) is 73.6 Å². The van der Waals surface area contributed by atoms with Crippen LogP contribution in [0, 0.1) is 34.5 Å². The lowest BCUT2D eigenvalue weighted by Crippen LogP contribution is -2.56. The van der Waals surface area contributed by atoms with Crippen LogP contribution in [-0.2, 0) is 9.59 Å². The number of aliphatic carboxylic acids is 1. The average molecular weight is 463 g/mol. The van der Waals surface area contributed by atoms with Gasteiger partial charge in [-0.15, -0.1) is 0 Å². The Kier molecular flexibility index (Phi) is 8.06. The molecule has 1 saturated carbocycles. The number of rotatable bonds is 9. The van der Waals surface area contributed by atoms with Crippen molar-refractivity contribution < 1.29 is 14.7 Å². The number of benzene rings is 1. The highest BCUT2D eigenvalue weighted by Crippen LogP contribution is 2.66. The van der Waals surface area contributed by atoms with Gasteiger partial charge >= 0.3 is 5.97 Å². The Labute approximate surface area is 206 Å². The number of Topliss-reactive ketones (excluding diaryl/α,β-unsaturated/α-hetero) is 1. The van der Waals surface area contributed by atoms with Gasteiger partial charge in [0.05, 0.1) is 5.41 Å². The Hall–Kier alpha value is -2.42. The number of carboxylic acid groups (broad SMARTS) is 1. The zero-order chi connectivity index (χ0) is 25.1. The standard InChI is InChI=1S/C31H42O3/c1-7-22(17-18-23-15-13-12-14-16-23)19-30(10-4)20-24(8-2)26-21(6)28(32)25(9-3)27(26)31(30,11-5)29(33)34/h12-21,25-27H,7-11H2,1-6H3,(H,33,34)/b18-17+,22-19+/t21-,25-,26+,27-,30-,31-/m0/s1. The second-order valence-corrected chi connectivity index (χ2v) is 10.2. The van der Waals surface area contributed by atoms with E-state index in [2.05, 4.69) is 57.2 Å². The summed E-state index contributed by atoms with van der Waals surface area (Å²) >= 11 is 0. The van der Waals surface area contributed by atoms with Crippen molar-refractivity contribution in [2.24, 2.45) is 34.5 Å². The van der Waals surface area contributed by atoms with Gasteiger partial charge in [0.25, 0.3) is 0 Å². The summed E-state index contributed by atoms with van der Waals surface area (Å²) < 4.78 is 0. The van der Waals surface area contributed by atoms with Crippen molar-refractivity contribution >= 4 is 17.8 Å². The first-order valence-corrected chi connectivity index (χ1v) is 13.2. The third-order valence-corrected chi connectivity index (χ3v) is 8.96. The number of ketones is 1. The van der Waals surface area contributed by atoms with Crippen molar-refractivity contribution in [1.29, 1.82) is 0 Å². The minimum Gasteiger partial charge on any atom is -0.481 e. The van der Waals surface area contributed by atoms with Crippen LogP contribution in [0.5, 0.6) is 0 Å². The molecule has 0 saturated heterocycles. The second-order valence-electron chi connectivity index (χ2n) is 10.2. The van der Waals surface area contributed by atoms with Gasteiger partial charge < -0.3 is 5.11 Å². The van der Waals surface area contributed by atoms with E-state index in [0.29, 0.717) is 19.3 Å². The number of allylic oxidation sites excluding steroid dienone is 5. The Morgan fingerprint density at radius 2 is 1.74 bits per heavy atom. The van der Waals surface area contributed by atoms with Gasteiger partial charge in [-0.3, -0.25) is 9.59 Å². The normalized spacial score (nSPS) is 33.8. The molecule has 3 rings (SSSR count). The summed E-state index contributed by atoms with van der Waals surface area (Å²) in [7, 11) is 0. The van der Waals surface area contributed by atoms with Gasteiger partial charge in [-0.25, -0.2) is 0 Å². The van der Waals surface area contributed by atoms with Gasteiger partial charge in [0.15, 0.2) is 0 Å². The fraction of sp³-hybridized carbons (Fsp3) is 0.548. The molecule has 184 valence electrons. The molecule has 2 aliphatic carbocycles. The van der Waals surface area contributed by atoms with Gasteiger partial charge in [-0.05, 0) is 49.5 Å². The van der Waals surface area contributed by atoms with E-state index >= 15 is 0 Å². The summed E-state index contributed by atoms with van der Waals surface area (Å²) in [6.07, 6.45) is 12.4. The van der Waals surface area contributed by atoms with E-state index in [9.17, 15) is 14.7 Å². The molecule has 3 nitrogen and oxygen atoms in total. The summed E-state index contributed by atoms with van der Waals surface area (Å²) in [5.74, 6) is -0.959. The van der Waals surface area contributed by atoms with E-state index in [1.807, 2.05) is 39.0 Å². The maximum Gasteiger partial charge on any atom is 0.311 e. The van der Waals surface area contributed by atoms with Crippen molar-refractivity contribution in [1.82, 2.24) is 0 Å². The van der Waals surface area contributed by atoms with Gasteiger partial charge in [0.2, 0.25) is 0 Å². The van der Waals surface area contributed by atoms with E-state index in [1.165, 1.54) is 5.57 Å². The SMILES string of the molecule is CCC1=C[C@@](/C=C(/C=C/c2ccccc2)CC)(CC)[C@](CC)(C(=O)O)[C@@H]2[C@@H]1[C@H](C)C(=O)[C@H]2CC. The lowest BCUT2D eigenvalue weighted by molar-refractivity contribution is -0.165. The van der Waals surface area contributed by atoms with Crippen LogP contribution in [0.1, 0.15) is 79.2 Å². The molecule has 0 aliphatic heterocycles. The highest BCUT2D eigenvalue weighted by Gasteiger charge is 2.67. The summed E-state index contributed by atoms with van der Waals surface area (Å²) in [4.78, 5) is 26.7. The largest absolute Gasteiger partial charge is 0.481 e. The molecule has 1 aromatic carbocycles. The lowest BCUT2D eigenvalue weighted by atomic mass is 9.46. The van der Waals surface area contributed by atoms with Crippen molar-refractivity contribution in [3.8, 4) is 0 Å². The van der Waals surface area contributed by atoms with Crippen molar-refractivity contribution in [3.63, 3.8) is 0 Å². The third-order valence-electron chi connectivity index (χ3n) is 8.96. The van der Waals surface area contributed by atoms with E-state index < -0.39 is 16.8 Å². The molecule has 0 amide bonds. The van der Waals surface area contributed by atoms with Crippen LogP contribution in [0.2, 0.25) is 0 Å². The third kappa shape index (κ3) is 4.01. The predicted octanol–water partition coefficient (Wildman–Crippen LogP) is 7.74. The van der Waals surface area contributed by atoms with Crippen LogP contribution in [0.25, 0.3) is 6.08 Å². The molecule has 2 aliphatic rings. The molecule has 0 radical (unpaired) electrons. The summed E-state index contributed by atoms with van der Waals surface area (Å²) in [5, 5.41) is 11.0. The van der Waals surface area contributed by atoms with Gasteiger partial charge in [0, 0.05) is 17.3 Å². The summed E-state index contributed by atoms with van der Waals surface area (Å²) in [5.41, 5.74) is 1.90. The van der Waals surface area contributed by atoms with Crippen LogP contribution in [0.4, 0.5) is 0 Å². The fourth-order valence-corrected chi connectivity index (χ4v) is 7.23. The molecule has 0 bridgehead atoms. The van der Waals surface area contributed by atoms with Crippen LogP contribution < -0.4 is 0 Å². The maximum atomic E-state index is 13.4. The zero-order valence-electron chi connectivity index (χ0n) is 21.8. The molecule has 0 unspecified atom stereocenters. The quantitative estimate of drug-likeness (QED) is 0.301. The average Bonchev–Trinajstić information content (AvgIpc) is 3.11.